The molecule has 1 unspecified atom stereocenters. The van der Waals surface area contributed by atoms with Crippen LogP contribution >= 0.6 is 0 Å². The third kappa shape index (κ3) is 4.03. The molecule has 17 heavy (non-hydrogen) atoms. The molecule has 1 saturated heterocycles. The first-order valence-corrected chi connectivity index (χ1v) is 5.54. The predicted molar refractivity (Wildman–Crippen MR) is 59.0 cm³/mol. The Morgan fingerprint density at radius 1 is 1.47 bits per heavy atom. The van der Waals surface area contributed by atoms with Crippen LogP contribution in [0.1, 0.15) is 19.8 Å². The number of hydrogen-bond donors (Lipinski definition) is 2. The first-order chi connectivity index (χ1) is 8.04. The van der Waals surface area contributed by atoms with Gasteiger partial charge in [-0.15, -0.1) is 0 Å². The summed E-state index contributed by atoms with van der Waals surface area (Å²) in [5, 5.41) is 1.97. The lowest BCUT2D eigenvalue weighted by atomic mass is 10.2. The number of rotatable bonds is 4. The van der Waals surface area contributed by atoms with Crippen molar-refractivity contribution < 1.29 is 19.1 Å². The van der Waals surface area contributed by atoms with Gasteiger partial charge in [-0.3, -0.25) is 19.8 Å². The molecule has 96 valence electrons. The number of nitrogens with one attached hydrogen (secondary N) is 1. The van der Waals surface area contributed by atoms with Gasteiger partial charge in [0, 0.05) is 0 Å². The highest BCUT2D eigenvalue weighted by molar-refractivity contribution is 5.94. The number of esters is 1. The lowest BCUT2D eigenvalue weighted by Gasteiger charge is -2.21. The van der Waals surface area contributed by atoms with E-state index in [1.807, 2.05) is 5.32 Å². The fraction of sp³-hybridized carbons (Fsp3) is 0.700. The molecule has 7 nitrogen and oxygen atoms in total. The van der Waals surface area contributed by atoms with Crippen molar-refractivity contribution in [2.45, 2.75) is 25.8 Å². The summed E-state index contributed by atoms with van der Waals surface area (Å²) in [4.78, 5) is 35.1. The highest BCUT2D eigenvalue weighted by Gasteiger charge is 2.32. The molecule has 7 heteroatoms. The summed E-state index contributed by atoms with van der Waals surface area (Å²) < 4.78 is 4.91. The second-order valence-electron chi connectivity index (χ2n) is 3.79. The number of nitrogens with two attached hydrogens (primary N) is 1. The molecular weight excluding hydrogens is 226 g/mol. The van der Waals surface area contributed by atoms with Crippen LogP contribution < -0.4 is 11.1 Å². The van der Waals surface area contributed by atoms with Gasteiger partial charge >= 0.3 is 12.0 Å². The Kier molecular flexibility index (Phi) is 4.89. The number of amides is 3. The Morgan fingerprint density at radius 2 is 2.18 bits per heavy atom. The minimum atomic E-state index is -0.887. The van der Waals surface area contributed by atoms with Crippen LogP contribution in [0.5, 0.6) is 0 Å². The van der Waals surface area contributed by atoms with Crippen LogP contribution in [0.2, 0.25) is 0 Å². The number of urea groups is 1. The molecule has 0 saturated carbocycles. The van der Waals surface area contributed by atoms with E-state index < -0.39 is 18.0 Å². The van der Waals surface area contributed by atoms with Crippen LogP contribution in [0.25, 0.3) is 0 Å². The number of likely N-dealkylation sites (tertiary alicyclic amines) is 1. The van der Waals surface area contributed by atoms with Crippen molar-refractivity contribution in [1.82, 2.24) is 10.2 Å². The number of primary amides is 1. The van der Waals surface area contributed by atoms with Crippen LogP contribution in [-0.4, -0.2) is 48.5 Å². The fourth-order valence-electron chi connectivity index (χ4n) is 1.88. The maximum absolute atomic E-state index is 11.6. The normalized spacial score (nSPS) is 19.9. The third-order valence-electron chi connectivity index (χ3n) is 2.53. The van der Waals surface area contributed by atoms with Crippen molar-refractivity contribution in [2.75, 3.05) is 19.7 Å². The number of ether oxygens (including phenoxy) is 1. The molecule has 1 aliphatic heterocycles. The molecule has 1 atom stereocenters. The van der Waals surface area contributed by atoms with Crippen LogP contribution in [0.15, 0.2) is 0 Å². The van der Waals surface area contributed by atoms with Crippen LogP contribution in [0.3, 0.4) is 0 Å². The molecule has 1 fully saturated rings. The Balaban J connectivity index is 2.49. The van der Waals surface area contributed by atoms with Crippen LogP contribution in [0, 0.1) is 0 Å². The average Bonchev–Trinajstić information content (AvgIpc) is 2.64. The van der Waals surface area contributed by atoms with Crippen LogP contribution in [-0.2, 0) is 14.3 Å². The Morgan fingerprint density at radius 3 is 2.76 bits per heavy atom. The summed E-state index contributed by atoms with van der Waals surface area (Å²) in [6.07, 6.45) is 1.50. The molecule has 0 aromatic rings. The van der Waals surface area contributed by atoms with Crippen molar-refractivity contribution in [1.29, 1.82) is 0 Å². The zero-order valence-corrected chi connectivity index (χ0v) is 9.77. The monoisotopic (exact) mass is 243 g/mol. The second-order valence-corrected chi connectivity index (χ2v) is 3.79. The smallest absolute Gasteiger partial charge is 0.323 e. The third-order valence-corrected chi connectivity index (χ3v) is 2.53. The zero-order chi connectivity index (χ0) is 12.8. The van der Waals surface area contributed by atoms with Crippen molar-refractivity contribution in [3.63, 3.8) is 0 Å². The Labute approximate surface area is 99.3 Å². The van der Waals surface area contributed by atoms with E-state index in [1.165, 1.54) is 0 Å². The molecule has 1 aliphatic rings. The lowest BCUT2D eigenvalue weighted by molar-refractivity contribution is -0.148. The topological polar surface area (TPSA) is 102 Å². The SMILES string of the molecule is CCOC(=O)C1CCCN1CC(=O)NC(N)=O. The summed E-state index contributed by atoms with van der Waals surface area (Å²) in [7, 11) is 0. The van der Waals surface area contributed by atoms with E-state index in [1.54, 1.807) is 11.8 Å². The number of hydrogen-bond acceptors (Lipinski definition) is 5. The van der Waals surface area contributed by atoms with Crippen molar-refractivity contribution >= 4 is 17.9 Å². The van der Waals surface area contributed by atoms with Gasteiger partial charge in [-0.2, -0.15) is 0 Å². The van der Waals surface area contributed by atoms with Gasteiger partial charge in [-0.05, 0) is 26.3 Å². The van der Waals surface area contributed by atoms with Gasteiger partial charge < -0.3 is 10.5 Å². The quantitative estimate of drug-likeness (QED) is 0.630. The Bertz CT molecular complexity index is 319. The molecule has 0 aliphatic carbocycles. The predicted octanol–water partition coefficient (Wildman–Crippen LogP) is -0.791. The first-order valence-electron chi connectivity index (χ1n) is 5.54. The summed E-state index contributed by atoms with van der Waals surface area (Å²) >= 11 is 0. The number of nitrogens with zero attached hydrogens (tertiary/aromatic N) is 1. The van der Waals surface area contributed by atoms with Gasteiger partial charge in [0.1, 0.15) is 6.04 Å². The van der Waals surface area contributed by atoms with Crippen molar-refractivity contribution in [3.8, 4) is 0 Å². The first kappa shape index (κ1) is 13.4. The van der Waals surface area contributed by atoms with E-state index in [0.717, 1.165) is 6.42 Å². The average molecular weight is 243 g/mol. The van der Waals surface area contributed by atoms with E-state index in [9.17, 15) is 14.4 Å². The molecule has 3 amide bonds. The van der Waals surface area contributed by atoms with Crippen molar-refractivity contribution in [3.05, 3.63) is 0 Å². The number of carbonyl (C=O) groups excluding carboxylic acids is 3. The molecule has 1 rings (SSSR count). The second kappa shape index (κ2) is 6.19. The van der Waals surface area contributed by atoms with Crippen molar-refractivity contribution in [2.24, 2.45) is 5.73 Å². The molecular formula is C10H17N3O4. The van der Waals surface area contributed by atoms with Gasteiger partial charge in [0.05, 0.1) is 13.2 Å². The highest BCUT2D eigenvalue weighted by Crippen LogP contribution is 2.17. The minimum absolute atomic E-state index is 0.0214. The Hall–Kier alpha value is -1.63. The largest absolute Gasteiger partial charge is 0.465 e. The molecule has 0 spiro atoms. The highest BCUT2D eigenvalue weighted by atomic mass is 16.5. The van der Waals surface area contributed by atoms with Gasteiger partial charge in [0.15, 0.2) is 0 Å². The number of imide groups is 1. The summed E-state index contributed by atoms with van der Waals surface area (Å²) in [6, 6.07) is -1.28. The minimum Gasteiger partial charge on any atom is -0.465 e. The van der Waals surface area contributed by atoms with E-state index in [4.69, 9.17) is 10.5 Å². The molecule has 1 heterocycles. The fourth-order valence-corrected chi connectivity index (χ4v) is 1.88. The van der Waals surface area contributed by atoms with E-state index in [-0.39, 0.29) is 12.5 Å². The van der Waals surface area contributed by atoms with Crippen LogP contribution in [0.4, 0.5) is 4.79 Å². The van der Waals surface area contributed by atoms with Gasteiger partial charge in [0.25, 0.3) is 0 Å². The summed E-state index contributed by atoms with van der Waals surface area (Å²) in [5.41, 5.74) is 4.83. The van der Waals surface area contributed by atoms with E-state index in [2.05, 4.69) is 0 Å². The molecule has 0 bridgehead atoms. The summed E-state index contributed by atoms with van der Waals surface area (Å²) in [5.74, 6) is -0.828. The standard InChI is InChI=1S/C10H17N3O4/c1-2-17-9(15)7-4-3-5-13(7)6-8(14)12-10(11)16/h7H,2-6H2,1H3,(H3,11,12,14,16). The van der Waals surface area contributed by atoms with E-state index in [0.29, 0.717) is 19.6 Å². The molecule has 3 N–H and O–H groups in total. The maximum Gasteiger partial charge on any atom is 0.323 e. The van der Waals surface area contributed by atoms with E-state index >= 15 is 0 Å². The summed E-state index contributed by atoms with van der Waals surface area (Å²) in [6.45, 7) is 2.66. The van der Waals surface area contributed by atoms with Gasteiger partial charge in [-0.25, -0.2) is 4.79 Å². The zero-order valence-electron chi connectivity index (χ0n) is 9.77. The lowest BCUT2D eigenvalue weighted by Crippen LogP contribution is -2.46. The maximum atomic E-state index is 11.6. The van der Waals surface area contributed by atoms with Gasteiger partial charge in [-0.1, -0.05) is 0 Å². The van der Waals surface area contributed by atoms with Gasteiger partial charge in [0.2, 0.25) is 5.91 Å². The molecule has 0 aromatic carbocycles. The molecule has 0 aromatic heterocycles. The molecule has 0 radical (unpaired) electrons. The number of carbonyl (C=O) groups is 3.